The van der Waals surface area contributed by atoms with Gasteiger partial charge >= 0.3 is 0 Å². The fraction of sp³-hybridized carbons (Fsp3) is 0.462. The summed E-state index contributed by atoms with van der Waals surface area (Å²) < 4.78 is 10.4. The molecule has 5 nitrogen and oxygen atoms in total. The number of rotatable bonds is 4. The van der Waals surface area contributed by atoms with Gasteiger partial charge < -0.3 is 20.1 Å². The van der Waals surface area contributed by atoms with Crippen molar-refractivity contribution in [2.75, 3.05) is 32.6 Å². The van der Waals surface area contributed by atoms with E-state index in [0.29, 0.717) is 28.8 Å². The number of nitrogens with one attached hydrogen (secondary N) is 2. The number of amides is 1. The number of methoxy groups -OCH3 is 2. The van der Waals surface area contributed by atoms with Crippen LogP contribution < -0.4 is 20.1 Å². The molecule has 104 valence electrons. The first kappa shape index (κ1) is 14.0. The molecule has 1 saturated heterocycles. The first-order valence-corrected chi connectivity index (χ1v) is 6.46. The number of benzene rings is 1. The zero-order valence-corrected chi connectivity index (χ0v) is 11.7. The maximum atomic E-state index is 12.1. The Morgan fingerprint density at radius 3 is 2.68 bits per heavy atom. The first-order valence-electron chi connectivity index (χ1n) is 6.08. The van der Waals surface area contributed by atoms with Crippen LogP contribution in [0.4, 0.5) is 5.69 Å². The van der Waals surface area contributed by atoms with Crippen LogP contribution in [0.5, 0.6) is 11.5 Å². The van der Waals surface area contributed by atoms with Crippen molar-refractivity contribution in [3.8, 4) is 11.5 Å². The lowest BCUT2D eigenvalue weighted by Crippen LogP contribution is -2.24. The molecule has 0 aliphatic carbocycles. The second kappa shape index (κ2) is 6.12. The largest absolute Gasteiger partial charge is 0.495 e. The summed E-state index contributed by atoms with van der Waals surface area (Å²) in [6.07, 6.45) is 0.846. The molecule has 1 aromatic carbocycles. The lowest BCUT2D eigenvalue weighted by Gasteiger charge is -2.15. The van der Waals surface area contributed by atoms with Crippen LogP contribution in [0.15, 0.2) is 12.1 Å². The van der Waals surface area contributed by atoms with Gasteiger partial charge in [0.15, 0.2) is 0 Å². The predicted octanol–water partition coefficient (Wildman–Crippen LogP) is 1.91. The van der Waals surface area contributed by atoms with Gasteiger partial charge in [-0.3, -0.25) is 4.79 Å². The van der Waals surface area contributed by atoms with Gasteiger partial charge in [0.05, 0.1) is 30.8 Å². The number of halogens is 1. The molecule has 1 amide bonds. The summed E-state index contributed by atoms with van der Waals surface area (Å²) in [5, 5.41) is 6.47. The lowest BCUT2D eigenvalue weighted by molar-refractivity contribution is -0.119. The standard InChI is InChI=1S/C13H17ClN2O3/c1-18-11-6-10(12(19-2)5-9(11)14)16-13(17)8-3-4-15-7-8/h5-6,8,15H,3-4,7H2,1-2H3,(H,16,17). The van der Waals surface area contributed by atoms with Gasteiger partial charge in [0.1, 0.15) is 11.5 Å². The summed E-state index contributed by atoms with van der Waals surface area (Å²) in [4.78, 5) is 12.1. The number of carbonyl (C=O) groups is 1. The smallest absolute Gasteiger partial charge is 0.228 e. The molecule has 1 aliphatic heterocycles. The van der Waals surface area contributed by atoms with E-state index in [0.717, 1.165) is 13.0 Å². The van der Waals surface area contributed by atoms with Crippen molar-refractivity contribution in [1.82, 2.24) is 5.32 Å². The third-order valence-electron chi connectivity index (χ3n) is 3.16. The zero-order valence-electron chi connectivity index (χ0n) is 11.0. The van der Waals surface area contributed by atoms with Gasteiger partial charge in [0.25, 0.3) is 0 Å². The summed E-state index contributed by atoms with van der Waals surface area (Å²) in [5.74, 6) is 0.992. The predicted molar refractivity (Wildman–Crippen MR) is 74.2 cm³/mol. The summed E-state index contributed by atoms with van der Waals surface area (Å²) >= 11 is 6.02. The number of ether oxygens (including phenoxy) is 2. The minimum atomic E-state index is -0.0207. The molecule has 1 aliphatic rings. The molecule has 1 unspecified atom stereocenters. The highest BCUT2D eigenvalue weighted by Gasteiger charge is 2.23. The van der Waals surface area contributed by atoms with E-state index in [2.05, 4.69) is 10.6 Å². The van der Waals surface area contributed by atoms with Crippen molar-refractivity contribution in [3.63, 3.8) is 0 Å². The van der Waals surface area contributed by atoms with E-state index >= 15 is 0 Å². The van der Waals surface area contributed by atoms with E-state index in [-0.39, 0.29) is 11.8 Å². The van der Waals surface area contributed by atoms with Crippen LogP contribution in [-0.4, -0.2) is 33.2 Å². The molecule has 1 aromatic rings. The maximum absolute atomic E-state index is 12.1. The summed E-state index contributed by atoms with van der Waals surface area (Å²) in [6.45, 7) is 1.58. The molecule has 0 aromatic heterocycles. The fourth-order valence-corrected chi connectivity index (χ4v) is 2.30. The molecule has 19 heavy (non-hydrogen) atoms. The van der Waals surface area contributed by atoms with Gasteiger partial charge in [-0.15, -0.1) is 0 Å². The summed E-state index contributed by atoms with van der Waals surface area (Å²) in [6, 6.07) is 3.30. The Kier molecular flexibility index (Phi) is 4.50. The number of hydrogen-bond acceptors (Lipinski definition) is 4. The average molecular weight is 285 g/mol. The minimum Gasteiger partial charge on any atom is -0.495 e. The molecular weight excluding hydrogens is 268 g/mol. The molecule has 1 heterocycles. The minimum absolute atomic E-state index is 0.00798. The van der Waals surface area contributed by atoms with Crippen molar-refractivity contribution in [1.29, 1.82) is 0 Å². The Morgan fingerprint density at radius 1 is 1.37 bits per heavy atom. The SMILES string of the molecule is COc1cc(NC(=O)C2CCNC2)c(OC)cc1Cl. The molecule has 2 rings (SSSR count). The Balaban J connectivity index is 2.20. The van der Waals surface area contributed by atoms with Crippen LogP contribution in [-0.2, 0) is 4.79 Å². The van der Waals surface area contributed by atoms with Gasteiger partial charge in [0.2, 0.25) is 5.91 Å². The topological polar surface area (TPSA) is 59.6 Å². The normalized spacial score (nSPS) is 18.2. The highest BCUT2D eigenvalue weighted by atomic mass is 35.5. The fourth-order valence-electron chi connectivity index (χ4n) is 2.07. The number of carbonyl (C=O) groups excluding carboxylic acids is 1. The van der Waals surface area contributed by atoms with Crippen LogP contribution in [0.25, 0.3) is 0 Å². The molecule has 0 bridgehead atoms. The Morgan fingerprint density at radius 2 is 2.11 bits per heavy atom. The Bertz CT molecular complexity index is 473. The highest BCUT2D eigenvalue weighted by Crippen LogP contribution is 2.36. The second-order valence-electron chi connectivity index (χ2n) is 4.37. The van der Waals surface area contributed by atoms with E-state index in [1.54, 1.807) is 12.1 Å². The third-order valence-corrected chi connectivity index (χ3v) is 3.46. The molecule has 0 spiro atoms. The third kappa shape index (κ3) is 3.11. The number of hydrogen-bond donors (Lipinski definition) is 2. The van der Waals surface area contributed by atoms with Crippen molar-refractivity contribution in [3.05, 3.63) is 17.2 Å². The quantitative estimate of drug-likeness (QED) is 0.887. The average Bonchev–Trinajstić information content (AvgIpc) is 2.94. The lowest BCUT2D eigenvalue weighted by atomic mass is 10.1. The molecule has 6 heteroatoms. The van der Waals surface area contributed by atoms with Crippen LogP contribution in [0.1, 0.15) is 6.42 Å². The van der Waals surface area contributed by atoms with Crippen molar-refractivity contribution >= 4 is 23.2 Å². The molecule has 0 saturated carbocycles. The molecule has 1 fully saturated rings. The highest BCUT2D eigenvalue weighted by molar-refractivity contribution is 6.32. The van der Waals surface area contributed by atoms with Gasteiger partial charge in [-0.05, 0) is 13.0 Å². The van der Waals surface area contributed by atoms with Crippen molar-refractivity contribution in [2.24, 2.45) is 5.92 Å². The van der Waals surface area contributed by atoms with Gasteiger partial charge in [-0.25, -0.2) is 0 Å². The zero-order chi connectivity index (χ0) is 13.8. The van der Waals surface area contributed by atoms with E-state index < -0.39 is 0 Å². The molecular formula is C13H17ClN2O3. The van der Waals surface area contributed by atoms with E-state index in [1.807, 2.05) is 0 Å². The molecule has 0 radical (unpaired) electrons. The van der Waals surface area contributed by atoms with Crippen LogP contribution in [0.3, 0.4) is 0 Å². The Labute approximate surface area is 117 Å². The van der Waals surface area contributed by atoms with Gasteiger partial charge in [-0.2, -0.15) is 0 Å². The Hall–Kier alpha value is -1.46. The first-order chi connectivity index (χ1) is 9.15. The molecule has 2 N–H and O–H groups in total. The van der Waals surface area contributed by atoms with Gasteiger partial charge in [0, 0.05) is 18.7 Å². The summed E-state index contributed by atoms with van der Waals surface area (Å²) in [7, 11) is 3.06. The van der Waals surface area contributed by atoms with Gasteiger partial charge in [-0.1, -0.05) is 11.6 Å². The van der Waals surface area contributed by atoms with E-state index in [1.165, 1.54) is 14.2 Å². The van der Waals surface area contributed by atoms with Crippen LogP contribution in [0, 0.1) is 5.92 Å². The number of anilines is 1. The van der Waals surface area contributed by atoms with E-state index in [4.69, 9.17) is 21.1 Å². The van der Waals surface area contributed by atoms with Crippen LogP contribution >= 0.6 is 11.6 Å². The molecule has 1 atom stereocenters. The second-order valence-corrected chi connectivity index (χ2v) is 4.77. The monoisotopic (exact) mass is 284 g/mol. The van der Waals surface area contributed by atoms with Crippen molar-refractivity contribution in [2.45, 2.75) is 6.42 Å². The van der Waals surface area contributed by atoms with Crippen molar-refractivity contribution < 1.29 is 14.3 Å². The van der Waals surface area contributed by atoms with Crippen LogP contribution in [0.2, 0.25) is 5.02 Å². The maximum Gasteiger partial charge on any atom is 0.228 e. The summed E-state index contributed by atoms with van der Waals surface area (Å²) in [5.41, 5.74) is 0.570. The van der Waals surface area contributed by atoms with E-state index in [9.17, 15) is 4.79 Å².